The normalized spacial score (nSPS) is 14.8. The number of benzene rings is 3. The van der Waals surface area contributed by atoms with Gasteiger partial charge in [0.15, 0.2) is 0 Å². The van der Waals surface area contributed by atoms with Gasteiger partial charge in [-0.1, -0.05) is 17.7 Å². The van der Waals surface area contributed by atoms with Gasteiger partial charge in [0.05, 0.1) is 22.7 Å². The molecule has 0 spiro atoms. The highest BCUT2D eigenvalue weighted by Gasteiger charge is 2.30. The number of likely N-dealkylation sites (N-methyl/N-ethyl adjacent to an activating group) is 1. The van der Waals surface area contributed by atoms with Gasteiger partial charge in [0, 0.05) is 43.8 Å². The summed E-state index contributed by atoms with van der Waals surface area (Å²) < 4.78 is 50.7. The maximum absolute atomic E-state index is 13.0. The Hall–Kier alpha value is -3.60. The molecule has 7 nitrogen and oxygen atoms in total. The van der Waals surface area contributed by atoms with Crippen molar-refractivity contribution in [1.82, 2.24) is 19.8 Å². The number of fused-ring (bicyclic) bond motifs is 1. The molecule has 0 radical (unpaired) electrons. The molecule has 1 aromatic heterocycles. The number of alkyl halides is 3. The minimum atomic E-state index is -4.47. The summed E-state index contributed by atoms with van der Waals surface area (Å²) in [7, 11) is 2.15. The van der Waals surface area contributed by atoms with Crippen molar-refractivity contribution in [3.63, 3.8) is 0 Å². The van der Waals surface area contributed by atoms with E-state index in [2.05, 4.69) is 32.1 Å². The molecule has 5 rings (SSSR count). The number of hydrogen-bond donors (Lipinski definition) is 1. The number of ether oxygens (including phenoxy) is 2. The van der Waals surface area contributed by atoms with Crippen molar-refractivity contribution < 1.29 is 22.6 Å². The smallest absolute Gasteiger partial charge is 0.416 e. The van der Waals surface area contributed by atoms with Gasteiger partial charge in [-0.2, -0.15) is 13.2 Å². The lowest BCUT2D eigenvalue weighted by molar-refractivity contribution is -0.137. The van der Waals surface area contributed by atoms with Crippen LogP contribution in [0.2, 0.25) is 5.02 Å². The monoisotopic (exact) mass is 571 g/mol. The summed E-state index contributed by atoms with van der Waals surface area (Å²) in [6.07, 6.45) is -2.06. The maximum Gasteiger partial charge on any atom is 0.416 e. The van der Waals surface area contributed by atoms with Gasteiger partial charge in [0.1, 0.15) is 29.4 Å². The largest absolute Gasteiger partial charge is 0.494 e. The molecule has 210 valence electrons. The molecule has 0 amide bonds. The molecule has 1 N–H and O–H groups in total. The van der Waals surface area contributed by atoms with Crippen LogP contribution in [0.15, 0.2) is 67.0 Å². The fourth-order valence-corrected chi connectivity index (χ4v) is 4.65. The van der Waals surface area contributed by atoms with Gasteiger partial charge in [-0.15, -0.1) is 0 Å². The van der Waals surface area contributed by atoms with E-state index < -0.39 is 11.7 Å². The van der Waals surface area contributed by atoms with Crippen LogP contribution < -0.4 is 14.8 Å². The third-order valence-corrected chi connectivity index (χ3v) is 6.97. The Labute approximate surface area is 235 Å². The number of aromatic nitrogens is 2. The van der Waals surface area contributed by atoms with E-state index in [9.17, 15) is 13.2 Å². The molecule has 1 fully saturated rings. The van der Waals surface area contributed by atoms with E-state index in [0.717, 1.165) is 67.9 Å². The summed E-state index contributed by atoms with van der Waals surface area (Å²) >= 11 is 6.41. The average molecular weight is 572 g/mol. The fourth-order valence-electron chi connectivity index (χ4n) is 4.44. The summed E-state index contributed by atoms with van der Waals surface area (Å²) in [6.45, 7) is 5.97. The van der Waals surface area contributed by atoms with E-state index in [4.69, 9.17) is 21.1 Å². The molecule has 11 heteroatoms. The highest BCUT2D eigenvalue weighted by atomic mass is 35.5. The van der Waals surface area contributed by atoms with Gasteiger partial charge in [0.25, 0.3) is 0 Å². The van der Waals surface area contributed by atoms with Gasteiger partial charge in [0.2, 0.25) is 0 Å². The second-order valence-electron chi connectivity index (χ2n) is 9.65. The van der Waals surface area contributed by atoms with Gasteiger partial charge in [-0.3, -0.25) is 0 Å². The van der Waals surface area contributed by atoms with Crippen LogP contribution in [0.3, 0.4) is 0 Å². The van der Waals surface area contributed by atoms with Crippen LogP contribution in [0, 0.1) is 0 Å². The van der Waals surface area contributed by atoms with Gasteiger partial charge in [-0.25, -0.2) is 9.97 Å². The number of rotatable bonds is 9. The van der Waals surface area contributed by atoms with Crippen molar-refractivity contribution in [1.29, 1.82) is 0 Å². The summed E-state index contributed by atoms with van der Waals surface area (Å²) in [5.74, 6) is 1.56. The first kappa shape index (κ1) is 27.9. The molecule has 1 saturated heterocycles. The molecular formula is C29H29ClF3N5O2. The van der Waals surface area contributed by atoms with Crippen LogP contribution in [0.25, 0.3) is 10.9 Å². The number of nitrogens with zero attached hydrogens (tertiary/aromatic N) is 4. The van der Waals surface area contributed by atoms with Crippen LogP contribution >= 0.6 is 11.6 Å². The van der Waals surface area contributed by atoms with E-state index in [0.29, 0.717) is 18.1 Å². The first-order valence-corrected chi connectivity index (χ1v) is 13.3. The highest BCUT2D eigenvalue weighted by molar-refractivity contribution is 6.32. The zero-order valence-corrected chi connectivity index (χ0v) is 22.7. The topological polar surface area (TPSA) is 62.8 Å². The van der Waals surface area contributed by atoms with Crippen molar-refractivity contribution in [2.45, 2.75) is 12.6 Å². The van der Waals surface area contributed by atoms with Crippen LogP contribution in [-0.4, -0.2) is 66.1 Å². The second-order valence-corrected chi connectivity index (χ2v) is 10.1. The Morgan fingerprint density at radius 1 is 0.950 bits per heavy atom. The van der Waals surface area contributed by atoms with Gasteiger partial charge in [-0.05, 0) is 68.1 Å². The van der Waals surface area contributed by atoms with E-state index >= 15 is 0 Å². The molecule has 1 aliphatic rings. The summed E-state index contributed by atoms with van der Waals surface area (Å²) in [6, 6.07) is 15.2. The molecule has 0 saturated carbocycles. The minimum Gasteiger partial charge on any atom is -0.494 e. The van der Waals surface area contributed by atoms with Crippen molar-refractivity contribution in [3.05, 3.63) is 77.6 Å². The Morgan fingerprint density at radius 2 is 1.77 bits per heavy atom. The fraction of sp³-hybridized carbons (Fsp3) is 0.310. The molecule has 40 heavy (non-hydrogen) atoms. The van der Waals surface area contributed by atoms with E-state index in [-0.39, 0.29) is 16.5 Å². The number of hydrogen-bond acceptors (Lipinski definition) is 7. The summed E-state index contributed by atoms with van der Waals surface area (Å²) in [5.41, 5.74) is 0.575. The van der Waals surface area contributed by atoms with Gasteiger partial charge >= 0.3 is 6.18 Å². The second kappa shape index (κ2) is 12.3. The third kappa shape index (κ3) is 7.12. The van der Waals surface area contributed by atoms with Crippen molar-refractivity contribution in [3.8, 4) is 17.2 Å². The molecule has 1 aliphatic heterocycles. The standard InChI is InChI=1S/C29H29ClF3N5O2/c1-37-11-13-38(14-12-37)10-3-15-39-22-7-8-26-24(18-22)28(35-19-34-26)36-21-6-9-27(25(30)17-21)40-23-5-2-4-20(16-23)29(31,32)33/h2,4-9,16-19H,3,10-15H2,1H3,(H,34,35,36). The maximum atomic E-state index is 13.0. The first-order valence-electron chi connectivity index (χ1n) is 12.9. The molecular weight excluding hydrogens is 543 g/mol. The SMILES string of the molecule is CN1CCN(CCCOc2ccc3ncnc(Nc4ccc(Oc5cccc(C(F)(F)F)c5)c(Cl)c4)c3c2)CC1. The predicted octanol–water partition coefficient (Wildman–Crippen LogP) is 6.85. The lowest BCUT2D eigenvalue weighted by atomic mass is 10.2. The van der Waals surface area contributed by atoms with Crippen LogP contribution in [0.4, 0.5) is 24.7 Å². The number of nitrogens with one attached hydrogen (secondary N) is 1. The van der Waals surface area contributed by atoms with Crippen LogP contribution in [0.5, 0.6) is 17.2 Å². The Balaban J connectivity index is 1.24. The molecule has 0 atom stereocenters. The van der Waals surface area contributed by atoms with Crippen LogP contribution in [-0.2, 0) is 6.18 Å². The number of piperazine rings is 1. The summed E-state index contributed by atoms with van der Waals surface area (Å²) in [4.78, 5) is 13.5. The predicted molar refractivity (Wildman–Crippen MR) is 150 cm³/mol. The molecule has 4 aromatic rings. The van der Waals surface area contributed by atoms with E-state index in [1.54, 1.807) is 18.2 Å². The first-order chi connectivity index (χ1) is 19.2. The molecule has 0 bridgehead atoms. The third-order valence-electron chi connectivity index (χ3n) is 6.67. The van der Waals surface area contributed by atoms with Crippen molar-refractivity contribution in [2.75, 3.05) is 51.7 Å². The Kier molecular flexibility index (Phi) is 8.58. The molecule has 0 aliphatic carbocycles. The average Bonchev–Trinajstić information content (AvgIpc) is 2.93. The zero-order chi connectivity index (χ0) is 28.1. The lowest BCUT2D eigenvalue weighted by Crippen LogP contribution is -2.44. The highest BCUT2D eigenvalue weighted by Crippen LogP contribution is 2.36. The van der Waals surface area contributed by atoms with Gasteiger partial charge < -0.3 is 24.6 Å². The van der Waals surface area contributed by atoms with Crippen LogP contribution in [0.1, 0.15) is 12.0 Å². The molecule has 3 aromatic carbocycles. The Morgan fingerprint density at radius 3 is 2.55 bits per heavy atom. The summed E-state index contributed by atoms with van der Waals surface area (Å²) in [5, 5.41) is 4.25. The number of anilines is 2. The molecule has 2 heterocycles. The minimum absolute atomic E-state index is 0.0373. The Bertz CT molecular complexity index is 1460. The quantitative estimate of drug-likeness (QED) is 0.220. The van der Waals surface area contributed by atoms with E-state index in [1.807, 2.05) is 18.2 Å². The zero-order valence-electron chi connectivity index (χ0n) is 21.9. The number of halogens is 4. The van der Waals surface area contributed by atoms with E-state index in [1.165, 1.54) is 18.5 Å². The molecule has 0 unspecified atom stereocenters. The van der Waals surface area contributed by atoms with Crippen molar-refractivity contribution in [2.24, 2.45) is 0 Å². The lowest BCUT2D eigenvalue weighted by Gasteiger charge is -2.32. The van der Waals surface area contributed by atoms with Crippen molar-refractivity contribution >= 4 is 34.0 Å².